The Bertz CT molecular complexity index is 210. The molecule has 1 saturated carbocycles. The third kappa shape index (κ3) is 4.12. The lowest BCUT2D eigenvalue weighted by Gasteiger charge is -2.28. The first-order chi connectivity index (χ1) is 7.72. The maximum Gasteiger partial charge on any atom is 0.220 e. The predicted molar refractivity (Wildman–Crippen MR) is 67.2 cm³/mol. The SMILES string of the molecule is CCCCCCC(=O)NC1(CN)CCCC1. The van der Waals surface area contributed by atoms with Crippen LogP contribution in [0.25, 0.3) is 0 Å². The van der Waals surface area contributed by atoms with Crippen LogP contribution in [0.4, 0.5) is 0 Å². The van der Waals surface area contributed by atoms with Crippen LogP contribution in [0, 0.1) is 0 Å². The molecule has 1 rings (SSSR count). The molecule has 0 aromatic heterocycles. The van der Waals surface area contributed by atoms with Gasteiger partial charge in [0, 0.05) is 13.0 Å². The molecule has 3 N–H and O–H groups in total. The second kappa shape index (κ2) is 6.89. The quantitative estimate of drug-likeness (QED) is 0.655. The Morgan fingerprint density at radius 3 is 2.50 bits per heavy atom. The van der Waals surface area contributed by atoms with Gasteiger partial charge in [0.1, 0.15) is 0 Å². The zero-order valence-corrected chi connectivity index (χ0v) is 10.6. The molecule has 94 valence electrons. The van der Waals surface area contributed by atoms with Crippen LogP contribution in [0.3, 0.4) is 0 Å². The van der Waals surface area contributed by atoms with Crippen molar-refractivity contribution in [2.45, 2.75) is 70.3 Å². The normalized spacial score (nSPS) is 18.6. The first-order valence-electron chi connectivity index (χ1n) is 6.73. The molecule has 3 nitrogen and oxygen atoms in total. The summed E-state index contributed by atoms with van der Waals surface area (Å²) in [7, 11) is 0. The minimum atomic E-state index is -0.0676. The van der Waals surface area contributed by atoms with Gasteiger partial charge in [-0.15, -0.1) is 0 Å². The van der Waals surface area contributed by atoms with Crippen molar-refractivity contribution >= 4 is 5.91 Å². The smallest absolute Gasteiger partial charge is 0.220 e. The fourth-order valence-electron chi connectivity index (χ4n) is 2.50. The van der Waals surface area contributed by atoms with Gasteiger partial charge in [0.15, 0.2) is 0 Å². The highest BCUT2D eigenvalue weighted by Crippen LogP contribution is 2.28. The second-order valence-corrected chi connectivity index (χ2v) is 5.05. The summed E-state index contributed by atoms with van der Waals surface area (Å²) in [5, 5.41) is 3.16. The van der Waals surface area contributed by atoms with E-state index < -0.39 is 0 Å². The summed E-state index contributed by atoms with van der Waals surface area (Å²) in [6.45, 7) is 2.77. The van der Waals surface area contributed by atoms with E-state index in [4.69, 9.17) is 5.73 Å². The van der Waals surface area contributed by atoms with E-state index in [0.717, 1.165) is 19.3 Å². The van der Waals surface area contributed by atoms with Gasteiger partial charge in [-0.1, -0.05) is 39.0 Å². The number of nitrogens with one attached hydrogen (secondary N) is 1. The lowest BCUT2D eigenvalue weighted by molar-refractivity contribution is -0.123. The van der Waals surface area contributed by atoms with E-state index in [9.17, 15) is 4.79 Å². The van der Waals surface area contributed by atoms with E-state index in [1.165, 1.54) is 32.1 Å². The lowest BCUT2D eigenvalue weighted by atomic mass is 9.97. The number of hydrogen-bond acceptors (Lipinski definition) is 2. The Kier molecular flexibility index (Phi) is 5.81. The Labute approximate surface area is 99.2 Å². The zero-order valence-electron chi connectivity index (χ0n) is 10.6. The number of nitrogens with two attached hydrogens (primary N) is 1. The molecular formula is C13H26N2O. The summed E-state index contributed by atoms with van der Waals surface area (Å²) < 4.78 is 0. The van der Waals surface area contributed by atoms with Crippen LogP contribution in [0.2, 0.25) is 0 Å². The van der Waals surface area contributed by atoms with Gasteiger partial charge in [0.2, 0.25) is 5.91 Å². The number of rotatable bonds is 7. The molecule has 0 heterocycles. The highest BCUT2D eigenvalue weighted by molar-refractivity contribution is 5.76. The van der Waals surface area contributed by atoms with Crippen molar-refractivity contribution in [1.29, 1.82) is 0 Å². The molecule has 0 spiro atoms. The number of carbonyl (C=O) groups is 1. The molecule has 1 fully saturated rings. The summed E-state index contributed by atoms with van der Waals surface area (Å²) in [5.74, 6) is 0.198. The molecule has 0 unspecified atom stereocenters. The van der Waals surface area contributed by atoms with Gasteiger partial charge >= 0.3 is 0 Å². The number of amides is 1. The zero-order chi connectivity index (χ0) is 11.9. The first kappa shape index (κ1) is 13.5. The third-order valence-electron chi connectivity index (χ3n) is 3.61. The van der Waals surface area contributed by atoms with Crippen molar-refractivity contribution in [1.82, 2.24) is 5.32 Å². The Morgan fingerprint density at radius 1 is 1.25 bits per heavy atom. The lowest BCUT2D eigenvalue weighted by Crippen LogP contribution is -2.51. The molecule has 0 aliphatic heterocycles. The van der Waals surface area contributed by atoms with E-state index in [1.54, 1.807) is 0 Å². The van der Waals surface area contributed by atoms with Crippen molar-refractivity contribution < 1.29 is 4.79 Å². The maximum atomic E-state index is 11.8. The maximum absolute atomic E-state index is 11.8. The Hall–Kier alpha value is -0.570. The van der Waals surface area contributed by atoms with Crippen LogP contribution in [0.1, 0.15) is 64.7 Å². The Morgan fingerprint density at radius 2 is 1.94 bits per heavy atom. The van der Waals surface area contributed by atoms with E-state index in [0.29, 0.717) is 13.0 Å². The third-order valence-corrected chi connectivity index (χ3v) is 3.61. The van der Waals surface area contributed by atoms with E-state index in [1.807, 2.05) is 0 Å². The van der Waals surface area contributed by atoms with Crippen molar-refractivity contribution in [2.75, 3.05) is 6.54 Å². The van der Waals surface area contributed by atoms with E-state index in [2.05, 4.69) is 12.2 Å². The minimum absolute atomic E-state index is 0.0676. The summed E-state index contributed by atoms with van der Waals surface area (Å²) in [6.07, 6.45) is 9.82. The molecular weight excluding hydrogens is 200 g/mol. The van der Waals surface area contributed by atoms with Gasteiger partial charge in [-0.2, -0.15) is 0 Å². The molecule has 0 radical (unpaired) electrons. The van der Waals surface area contributed by atoms with Gasteiger partial charge in [-0.3, -0.25) is 4.79 Å². The van der Waals surface area contributed by atoms with Crippen LogP contribution in [0.15, 0.2) is 0 Å². The average Bonchev–Trinajstić information content (AvgIpc) is 2.74. The number of unbranched alkanes of at least 4 members (excludes halogenated alkanes) is 3. The average molecular weight is 226 g/mol. The largest absolute Gasteiger partial charge is 0.349 e. The molecule has 1 aliphatic carbocycles. The van der Waals surface area contributed by atoms with Crippen LogP contribution in [0.5, 0.6) is 0 Å². The molecule has 16 heavy (non-hydrogen) atoms. The van der Waals surface area contributed by atoms with Gasteiger partial charge in [0.05, 0.1) is 5.54 Å². The molecule has 0 saturated heterocycles. The molecule has 1 aliphatic rings. The highest BCUT2D eigenvalue weighted by atomic mass is 16.1. The van der Waals surface area contributed by atoms with Crippen LogP contribution in [-0.4, -0.2) is 18.0 Å². The second-order valence-electron chi connectivity index (χ2n) is 5.05. The van der Waals surface area contributed by atoms with Crippen molar-refractivity contribution in [2.24, 2.45) is 5.73 Å². The first-order valence-corrected chi connectivity index (χ1v) is 6.73. The summed E-state index contributed by atoms with van der Waals surface area (Å²) in [4.78, 5) is 11.8. The van der Waals surface area contributed by atoms with Crippen molar-refractivity contribution in [3.63, 3.8) is 0 Å². The van der Waals surface area contributed by atoms with Gasteiger partial charge in [-0.05, 0) is 19.3 Å². The number of hydrogen-bond donors (Lipinski definition) is 2. The molecule has 0 bridgehead atoms. The molecule has 0 aromatic rings. The standard InChI is InChI=1S/C13H26N2O/c1-2-3-4-5-8-12(16)15-13(11-14)9-6-7-10-13/h2-11,14H2,1H3,(H,15,16). The number of carbonyl (C=O) groups excluding carboxylic acids is 1. The van der Waals surface area contributed by atoms with E-state index in [-0.39, 0.29) is 11.4 Å². The molecule has 3 heteroatoms. The van der Waals surface area contributed by atoms with Gasteiger partial charge in [-0.25, -0.2) is 0 Å². The monoisotopic (exact) mass is 226 g/mol. The highest BCUT2D eigenvalue weighted by Gasteiger charge is 2.33. The molecule has 0 aromatic carbocycles. The fourth-order valence-corrected chi connectivity index (χ4v) is 2.50. The molecule has 0 atom stereocenters. The van der Waals surface area contributed by atoms with Gasteiger partial charge in [0.25, 0.3) is 0 Å². The predicted octanol–water partition coefficient (Wildman–Crippen LogP) is 2.34. The van der Waals surface area contributed by atoms with Crippen LogP contribution < -0.4 is 11.1 Å². The van der Waals surface area contributed by atoms with Crippen molar-refractivity contribution in [3.8, 4) is 0 Å². The summed E-state index contributed by atoms with van der Waals surface area (Å²) in [5.41, 5.74) is 5.71. The summed E-state index contributed by atoms with van der Waals surface area (Å²) >= 11 is 0. The van der Waals surface area contributed by atoms with Crippen LogP contribution >= 0.6 is 0 Å². The van der Waals surface area contributed by atoms with Crippen molar-refractivity contribution in [3.05, 3.63) is 0 Å². The molecule has 1 amide bonds. The minimum Gasteiger partial charge on any atom is -0.349 e. The fraction of sp³-hybridized carbons (Fsp3) is 0.923. The topological polar surface area (TPSA) is 55.1 Å². The van der Waals surface area contributed by atoms with E-state index >= 15 is 0 Å². The van der Waals surface area contributed by atoms with Crippen LogP contribution in [-0.2, 0) is 4.79 Å². The van der Waals surface area contributed by atoms with Gasteiger partial charge < -0.3 is 11.1 Å². The summed E-state index contributed by atoms with van der Waals surface area (Å²) in [6, 6.07) is 0. The Balaban J connectivity index is 2.21.